The number of alkyl halides is 2. The number of amides is 1. The standard InChI is InChI=1S/C26H38F2N4O2/c1-16-29-21-13-20(10-11-26(5,27)28)31-23(21)22(30-16)19-9-8-17-6-7-18(12-19)15-32(14-17)24(33)34-25(2,3)4/h13,17-19,23H,6-12,14-15H2,1-5H3. The summed E-state index contributed by atoms with van der Waals surface area (Å²) in [6.45, 7) is 9.99. The molecule has 34 heavy (non-hydrogen) atoms. The average molecular weight is 477 g/mol. The van der Waals surface area contributed by atoms with E-state index < -0.39 is 11.5 Å². The summed E-state index contributed by atoms with van der Waals surface area (Å²) in [6.07, 6.45) is 6.87. The lowest BCUT2D eigenvalue weighted by molar-refractivity contribution is 0.0150. The number of rotatable bonds is 4. The molecule has 2 fully saturated rings. The summed E-state index contributed by atoms with van der Waals surface area (Å²) in [5.74, 6) is -0.928. The maximum Gasteiger partial charge on any atom is 0.410 e. The van der Waals surface area contributed by atoms with Crippen molar-refractivity contribution in [3.05, 3.63) is 11.8 Å². The van der Waals surface area contributed by atoms with Gasteiger partial charge in [-0.15, -0.1) is 0 Å². The third kappa shape index (κ3) is 6.30. The number of halogens is 2. The van der Waals surface area contributed by atoms with E-state index in [0.717, 1.165) is 57.0 Å². The molecular formula is C26H38F2N4O2. The van der Waals surface area contributed by atoms with Crippen LogP contribution in [0.2, 0.25) is 0 Å². The number of fused-ring (bicyclic) bond motifs is 4. The fourth-order valence-corrected chi connectivity index (χ4v) is 5.57. The first-order valence-corrected chi connectivity index (χ1v) is 12.6. The Morgan fingerprint density at radius 2 is 1.76 bits per heavy atom. The number of carbonyl (C=O) groups is 1. The predicted octanol–water partition coefficient (Wildman–Crippen LogP) is 6.07. The van der Waals surface area contributed by atoms with Gasteiger partial charge in [0.25, 0.3) is 0 Å². The van der Waals surface area contributed by atoms with Crippen LogP contribution in [-0.2, 0) is 4.74 Å². The molecule has 6 nitrogen and oxygen atoms in total. The zero-order valence-electron chi connectivity index (χ0n) is 21.1. The summed E-state index contributed by atoms with van der Waals surface area (Å²) < 4.78 is 32.5. The van der Waals surface area contributed by atoms with E-state index in [-0.39, 0.29) is 30.9 Å². The van der Waals surface area contributed by atoms with E-state index in [1.807, 2.05) is 38.7 Å². The summed E-state index contributed by atoms with van der Waals surface area (Å²) in [4.78, 5) is 29.0. The Morgan fingerprint density at radius 3 is 2.47 bits per heavy atom. The van der Waals surface area contributed by atoms with Crippen LogP contribution < -0.4 is 0 Å². The Morgan fingerprint density at radius 1 is 1.09 bits per heavy atom. The van der Waals surface area contributed by atoms with Gasteiger partial charge in [0.05, 0.1) is 11.4 Å². The topological polar surface area (TPSA) is 66.6 Å². The van der Waals surface area contributed by atoms with Crippen molar-refractivity contribution in [1.82, 2.24) is 4.90 Å². The quantitative estimate of drug-likeness (QED) is 0.495. The molecule has 3 aliphatic heterocycles. The number of amidine groups is 1. The van der Waals surface area contributed by atoms with Crippen LogP contribution in [0.15, 0.2) is 26.8 Å². The second kappa shape index (κ2) is 9.50. The second-order valence-electron chi connectivity index (χ2n) is 11.6. The highest BCUT2D eigenvalue weighted by atomic mass is 19.3. The molecule has 4 aliphatic rings. The van der Waals surface area contributed by atoms with Crippen molar-refractivity contribution in [1.29, 1.82) is 0 Å². The van der Waals surface area contributed by atoms with E-state index in [0.29, 0.717) is 29.9 Å². The van der Waals surface area contributed by atoms with E-state index in [4.69, 9.17) is 14.7 Å². The normalized spacial score (nSPS) is 29.8. The van der Waals surface area contributed by atoms with E-state index >= 15 is 0 Å². The molecule has 0 aromatic rings. The Balaban J connectivity index is 1.50. The minimum Gasteiger partial charge on any atom is -0.444 e. The number of likely N-dealkylation sites (tertiary alicyclic amines) is 1. The minimum absolute atomic E-state index is 0.217. The molecule has 3 heterocycles. The zero-order chi connectivity index (χ0) is 24.7. The third-order valence-corrected chi connectivity index (χ3v) is 7.12. The number of allylic oxidation sites excluding steroid dienone is 1. The lowest BCUT2D eigenvalue weighted by atomic mass is 9.77. The van der Waals surface area contributed by atoms with Crippen LogP contribution in [0.3, 0.4) is 0 Å². The Bertz CT molecular complexity index is 926. The van der Waals surface area contributed by atoms with Gasteiger partial charge >= 0.3 is 6.09 Å². The van der Waals surface area contributed by atoms with Crippen molar-refractivity contribution < 1.29 is 18.3 Å². The summed E-state index contributed by atoms with van der Waals surface area (Å²) in [5.41, 5.74) is 2.03. The molecule has 4 atom stereocenters. The van der Waals surface area contributed by atoms with Crippen LogP contribution in [0.1, 0.15) is 79.6 Å². The van der Waals surface area contributed by atoms with Gasteiger partial charge in [0.15, 0.2) is 0 Å². The largest absolute Gasteiger partial charge is 0.444 e. The molecule has 1 saturated heterocycles. The number of aliphatic imine (C=N–C) groups is 3. The molecule has 0 aromatic carbocycles. The molecule has 0 radical (unpaired) electrons. The highest BCUT2D eigenvalue weighted by Crippen LogP contribution is 2.38. The molecule has 0 aromatic heterocycles. The van der Waals surface area contributed by atoms with Gasteiger partial charge in [-0.1, -0.05) is 0 Å². The van der Waals surface area contributed by atoms with Gasteiger partial charge in [0.1, 0.15) is 17.5 Å². The van der Waals surface area contributed by atoms with Crippen molar-refractivity contribution >= 4 is 23.4 Å². The van der Waals surface area contributed by atoms with Crippen molar-refractivity contribution in [3.63, 3.8) is 0 Å². The zero-order valence-corrected chi connectivity index (χ0v) is 21.1. The van der Waals surface area contributed by atoms with Crippen molar-refractivity contribution in [2.24, 2.45) is 32.7 Å². The first-order chi connectivity index (χ1) is 15.9. The van der Waals surface area contributed by atoms with E-state index in [1.165, 1.54) is 0 Å². The Labute approximate surface area is 201 Å². The third-order valence-electron chi connectivity index (χ3n) is 7.12. The molecule has 1 aliphatic carbocycles. The van der Waals surface area contributed by atoms with Crippen LogP contribution in [0.25, 0.3) is 0 Å². The Hall–Kier alpha value is -2.12. The highest BCUT2D eigenvalue weighted by molar-refractivity contribution is 6.11. The summed E-state index contributed by atoms with van der Waals surface area (Å²) in [7, 11) is 0. The lowest BCUT2D eigenvalue weighted by Crippen LogP contribution is -2.40. The molecule has 188 valence electrons. The molecule has 1 amide bonds. The van der Waals surface area contributed by atoms with Crippen molar-refractivity contribution in [2.45, 2.75) is 97.1 Å². The van der Waals surface area contributed by atoms with Crippen molar-refractivity contribution in [2.75, 3.05) is 13.1 Å². The molecule has 0 spiro atoms. The van der Waals surface area contributed by atoms with Gasteiger partial charge in [-0.05, 0) is 91.1 Å². The van der Waals surface area contributed by atoms with Crippen molar-refractivity contribution in [3.8, 4) is 0 Å². The van der Waals surface area contributed by atoms with Gasteiger partial charge in [-0.2, -0.15) is 0 Å². The maximum atomic E-state index is 13.4. The summed E-state index contributed by atoms with van der Waals surface area (Å²) in [5, 5.41) is 0. The first-order valence-electron chi connectivity index (χ1n) is 12.6. The van der Waals surface area contributed by atoms with Crippen LogP contribution in [0.5, 0.6) is 0 Å². The number of ether oxygens (including phenoxy) is 1. The molecule has 0 N–H and O–H groups in total. The monoisotopic (exact) mass is 476 g/mol. The van der Waals surface area contributed by atoms with Crippen LogP contribution in [0.4, 0.5) is 13.6 Å². The number of hydrogen-bond acceptors (Lipinski definition) is 5. The van der Waals surface area contributed by atoms with Crippen LogP contribution in [0, 0.1) is 17.8 Å². The lowest BCUT2D eigenvalue weighted by Gasteiger charge is -2.31. The second-order valence-corrected chi connectivity index (χ2v) is 11.6. The smallest absolute Gasteiger partial charge is 0.410 e. The molecular weight excluding hydrogens is 438 g/mol. The number of carbonyl (C=O) groups excluding carboxylic acids is 1. The predicted molar refractivity (Wildman–Crippen MR) is 131 cm³/mol. The van der Waals surface area contributed by atoms with E-state index in [1.54, 1.807) is 0 Å². The van der Waals surface area contributed by atoms with Gasteiger partial charge in [-0.25, -0.2) is 23.6 Å². The molecule has 2 bridgehead atoms. The Kier molecular flexibility index (Phi) is 6.98. The molecule has 4 rings (SSSR count). The minimum atomic E-state index is -2.71. The van der Waals surface area contributed by atoms with Crippen LogP contribution in [-0.4, -0.2) is 58.9 Å². The van der Waals surface area contributed by atoms with E-state index in [9.17, 15) is 13.6 Å². The van der Waals surface area contributed by atoms with Gasteiger partial charge in [0, 0.05) is 31.1 Å². The SMILES string of the molecule is CC1=NC2=CC(CCC(C)(F)F)=NC2C(C2CCC3CCC(C2)CN(C(=O)OC(C)(C)C)C3)=N1. The van der Waals surface area contributed by atoms with Gasteiger partial charge in [-0.3, -0.25) is 4.99 Å². The number of nitrogens with zero attached hydrogens (tertiary/aromatic N) is 4. The fraction of sp³-hybridized carbons (Fsp3) is 0.769. The molecule has 8 heteroatoms. The van der Waals surface area contributed by atoms with Gasteiger partial charge < -0.3 is 9.64 Å². The average Bonchev–Trinajstić information content (AvgIpc) is 3.02. The molecule has 1 saturated carbocycles. The maximum absolute atomic E-state index is 13.4. The summed E-state index contributed by atoms with van der Waals surface area (Å²) >= 11 is 0. The first kappa shape index (κ1) is 25.0. The molecule has 4 unspecified atom stereocenters. The number of hydrogen-bond donors (Lipinski definition) is 0. The van der Waals surface area contributed by atoms with Crippen LogP contribution >= 0.6 is 0 Å². The highest BCUT2D eigenvalue weighted by Gasteiger charge is 2.39. The van der Waals surface area contributed by atoms with Gasteiger partial charge in [0.2, 0.25) is 5.92 Å². The fourth-order valence-electron chi connectivity index (χ4n) is 5.57. The summed E-state index contributed by atoms with van der Waals surface area (Å²) in [6, 6.07) is -0.254. The van der Waals surface area contributed by atoms with E-state index in [2.05, 4.69) is 4.99 Å².